The lowest BCUT2D eigenvalue weighted by Crippen LogP contribution is -2.49. The lowest BCUT2D eigenvalue weighted by atomic mass is 9.93. The van der Waals surface area contributed by atoms with Gasteiger partial charge in [0.25, 0.3) is 0 Å². The van der Waals surface area contributed by atoms with E-state index in [1.54, 1.807) is 0 Å². The minimum Gasteiger partial charge on any atom is -0.393 e. The van der Waals surface area contributed by atoms with Gasteiger partial charge in [0.1, 0.15) is 22.8 Å². The molecule has 0 aliphatic carbocycles. The summed E-state index contributed by atoms with van der Waals surface area (Å²) >= 11 is 0. The average Bonchev–Trinajstić information content (AvgIpc) is 3.33. The Bertz CT molecular complexity index is 1880. The van der Waals surface area contributed by atoms with Crippen LogP contribution in [-0.2, 0) is 36.3 Å². The Morgan fingerprint density at radius 3 is 1.54 bits per heavy atom. The maximum atomic E-state index is 14.7. The third kappa shape index (κ3) is 9.14. The highest BCUT2D eigenvalue weighted by Gasteiger charge is 2.67. The summed E-state index contributed by atoms with van der Waals surface area (Å²) in [4.78, 5) is 65.8. The van der Waals surface area contributed by atoms with Crippen LogP contribution >= 0.6 is 23.5 Å². The van der Waals surface area contributed by atoms with Crippen molar-refractivity contribution in [3.63, 3.8) is 0 Å². The van der Waals surface area contributed by atoms with Gasteiger partial charge in [0.05, 0.1) is 13.2 Å². The van der Waals surface area contributed by atoms with Crippen molar-refractivity contribution >= 4 is 35.1 Å². The van der Waals surface area contributed by atoms with Crippen LogP contribution in [0.3, 0.4) is 0 Å². The fourth-order valence-electron chi connectivity index (χ4n) is 4.89. The molecule has 2 fully saturated rings. The molecule has 11 N–H and O–H groups in total. The van der Waals surface area contributed by atoms with E-state index in [9.17, 15) is 61.1 Å². The first-order chi connectivity index (χ1) is 23.6. The lowest BCUT2D eigenvalue weighted by Gasteiger charge is -2.30. The molecule has 4 heterocycles. The van der Waals surface area contributed by atoms with Crippen LogP contribution in [0.4, 0.5) is 29.2 Å². The molecule has 0 amide bonds. The van der Waals surface area contributed by atoms with Gasteiger partial charge in [-0.15, -0.1) is 0 Å². The first-order valence-electron chi connectivity index (χ1n) is 14.2. The molecule has 2 aromatic heterocycles. The number of rotatable bonds is 12. The predicted molar refractivity (Wildman–Crippen MR) is 161 cm³/mol. The van der Waals surface area contributed by atoms with Crippen molar-refractivity contribution < 1.29 is 88.8 Å². The van der Waals surface area contributed by atoms with Crippen molar-refractivity contribution in [2.24, 2.45) is 0 Å². The Morgan fingerprint density at radius 1 is 0.788 bits per heavy atom. The highest BCUT2D eigenvalue weighted by Crippen LogP contribution is 2.66. The normalized spacial score (nSPS) is 30.6. The van der Waals surface area contributed by atoms with E-state index < -0.39 is 102 Å². The van der Waals surface area contributed by atoms with E-state index in [2.05, 4.69) is 23.1 Å². The molecule has 0 bridgehead atoms. The number of nitrogens with zero attached hydrogens (tertiary/aromatic N) is 4. The number of nitrogens with two attached hydrogens (primary N) is 2. The van der Waals surface area contributed by atoms with Crippen LogP contribution in [0.15, 0.2) is 34.1 Å². The average molecular weight is 822 g/mol. The van der Waals surface area contributed by atoms with Gasteiger partial charge in [-0.05, 0) is 25.0 Å². The van der Waals surface area contributed by atoms with Crippen molar-refractivity contribution in [3.8, 4) is 0 Å². The molecule has 0 spiro atoms. The fourth-order valence-corrected chi connectivity index (χ4v) is 7.97. The van der Waals surface area contributed by atoms with Gasteiger partial charge in [-0.2, -0.15) is 36.2 Å². The van der Waals surface area contributed by atoms with Gasteiger partial charge in [0.2, 0.25) is 12.5 Å². The van der Waals surface area contributed by atoms with Crippen LogP contribution < -0.4 is 22.8 Å². The van der Waals surface area contributed by atoms with Gasteiger partial charge in [-0.25, -0.2) is 23.3 Å². The zero-order valence-corrected chi connectivity index (χ0v) is 29.1. The van der Waals surface area contributed by atoms with Crippen molar-refractivity contribution in [1.29, 1.82) is 0 Å². The second-order valence-corrected chi connectivity index (χ2v) is 15.5. The number of aliphatic hydroxyl groups is 3. The molecule has 2 aromatic rings. The Balaban J connectivity index is 0.000000311. The Labute approximate surface area is 287 Å². The summed E-state index contributed by atoms with van der Waals surface area (Å²) in [6, 6.07) is 2.16. The molecule has 0 radical (unpaired) electrons. The molecule has 52 heavy (non-hydrogen) atoms. The molecular weight excluding hydrogens is 789 g/mol. The summed E-state index contributed by atoms with van der Waals surface area (Å²) in [6.07, 6.45) is -8.21. The van der Waals surface area contributed by atoms with Crippen LogP contribution in [-0.4, -0.2) is 102 Å². The molecule has 2 saturated heterocycles. The van der Waals surface area contributed by atoms with Gasteiger partial charge < -0.3 is 55.8 Å². The number of anilines is 2. The zero-order valence-electron chi connectivity index (χ0n) is 26.5. The number of aromatic nitrogens is 4. The van der Waals surface area contributed by atoms with Gasteiger partial charge in [0.15, 0.2) is 12.2 Å². The number of phosphoric ester groups is 1. The van der Waals surface area contributed by atoms with E-state index in [1.807, 2.05) is 0 Å². The van der Waals surface area contributed by atoms with E-state index in [4.69, 9.17) is 35.6 Å². The standard InChI is InChI=1S/C11H18F2N3O13P3.C11H15F2N3O4/c1-2-10(5-26-31(22,23)29-32(24,25)28-30(19,20)21)7(17)11(12,13)8(27-10)16-4-3-6(14)15-9(16)18;1-2-10(5-17)7(18)11(12,13)8(20-10)16-4-3-6(14)15-9(16)19/h3-4,7-8,17H,2,5H2,1H3,(H,22,23)(H,24,25)(H2,14,15,18)(H2,19,20,21);3-4,7-8,17-18H,2,5H2,1H3,(H2,14,15,19)/t2*7-,8-,10-/m11/s1. The Morgan fingerprint density at radius 2 is 1.19 bits per heavy atom. The first kappa shape index (κ1) is 43.7. The van der Waals surface area contributed by atoms with Crippen molar-refractivity contribution in [1.82, 2.24) is 19.1 Å². The fraction of sp³-hybridized carbons (Fsp3) is 0.636. The summed E-state index contributed by atoms with van der Waals surface area (Å²) in [7, 11) is -17.2. The Hall–Kier alpha value is -2.71. The number of hydrogen-bond donors (Lipinski definition) is 9. The molecular formula is C22H33F4N6O17P3. The number of ether oxygens (including phenoxy) is 2. The van der Waals surface area contributed by atoms with E-state index in [1.165, 1.54) is 13.8 Å². The number of phosphoric acid groups is 3. The second-order valence-electron chi connectivity index (χ2n) is 11.0. The molecule has 0 saturated carbocycles. The minimum absolute atomic E-state index is 0.0477. The van der Waals surface area contributed by atoms with Gasteiger partial charge in [0, 0.05) is 12.4 Å². The topological polar surface area (TPSA) is 361 Å². The number of halogens is 4. The number of alkyl halides is 4. The second kappa shape index (κ2) is 15.2. The molecule has 30 heteroatoms. The first-order valence-corrected chi connectivity index (χ1v) is 18.7. The highest BCUT2D eigenvalue weighted by molar-refractivity contribution is 7.66. The maximum absolute atomic E-state index is 14.7. The van der Waals surface area contributed by atoms with E-state index in [0.717, 1.165) is 24.5 Å². The van der Waals surface area contributed by atoms with Crippen molar-refractivity contribution in [2.45, 2.75) is 74.4 Å². The SMILES string of the molecule is CC[C@]1(CO)O[C@@H](n2ccc(N)nc2=O)C(F)(F)[C@@H]1O.CC[C@]1(COP(=O)(O)OP(=O)(O)OP(=O)(O)O)O[C@@H](n2ccc(N)nc2=O)C(F)(F)[C@@H]1O. The van der Waals surface area contributed by atoms with Crippen LogP contribution in [0.1, 0.15) is 39.1 Å². The van der Waals surface area contributed by atoms with Gasteiger partial charge in [-0.3, -0.25) is 13.7 Å². The zero-order chi connectivity index (χ0) is 39.9. The maximum Gasteiger partial charge on any atom is 0.490 e. The van der Waals surface area contributed by atoms with Gasteiger partial charge >= 0.3 is 46.7 Å². The largest absolute Gasteiger partial charge is 0.490 e. The summed E-state index contributed by atoms with van der Waals surface area (Å²) in [5.41, 5.74) is 4.01. The quantitative estimate of drug-likeness (QED) is 0.0947. The summed E-state index contributed by atoms with van der Waals surface area (Å²) < 4.78 is 114. The summed E-state index contributed by atoms with van der Waals surface area (Å²) in [5, 5.41) is 29.2. The number of aliphatic hydroxyl groups excluding tert-OH is 3. The highest BCUT2D eigenvalue weighted by atomic mass is 31.3. The molecule has 23 nitrogen and oxygen atoms in total. The molecule has 8 atom stereocenters. The van der Waals surface area contributed by atoms with Gasteiger partial charge in [-0.1, -0.05) is 13.8 Å². The number of nitrogen functional groups attached to an aromatic ring is 2. The third-order valence-corrected chi connectivity index (χ3v) is 11.4. The number of hydrogen-bond acceptors (Lipinski definition) is 17. The van der Waals surface area contributed by atoms with Crippen molar-refractivity contribution in [2.75, 3.05) is 24.7 Å². The molecule has 4 rings (SSSR count). The van der Waals surface area contributed by atoms with E-state index in [0.29, 0.717) is 9.13 Å². The molecule has 2 aliphatic heterocycles. The monoisotopic (exact) mass is 822 g/mol. The van der Waals surface area contributed by atoms with E-state index in [-0.39, 0.29) is 18.1 Å². The third-order valence-electron chi connectivity index (χ3n) is 7.64. The van der Waals surface area contributed by atoms with Crippen LogP contribution in [0.2, 0.25) is 0 Å². The van der Waals surface area contributed by atoms with Crippen LogP contribution in [0.5, 0.6) is 0 Å². The molecule has 0 aromatic carbocycles. The summed E-state index contributed by atoms with van der Waals surface area (Å²) in [6.45, 7) is 0.527. The van der Waals surface area contributed by atoms with E-state index >= 15 is 0 Å². The minimum atomic E-state index is -5.86. The predicted octanol–water partition coefficient (Wildman–Crippen LogP) is -0.666. The summed E-state index contributed by atoms with van der Waals surface area (Å²) in [5.74, 6) is -8.32. The molecule has 2 aliphatic rings. The van der Waals surface area contributed by atoms with Crippen LogP contribution in [0, 0.1) is 0 Å². The molecule has 296 valence electrons. The smallest absolute Gasteiger partial charge is 0.393 e. The van der Waals surface area contributed by atoms with Crippen molar-refractivity contribution in [3.05, 3.63) is 45.5 Å². The molecule has 2 unspecified atom stereocenters. The lowest BCUT2D eigenvalue weighted by molar-refractivity contribution is -0.145. The Kier molecular flexibility index (Phi) is 12.8. The van der Waals surface area contributed by atoms with Crippen LogP contribution in [0.25, 0.3) is 0 Å².